The molecule has 0 amide bonds. The molecule has 50 valence electrons. The fraction of sp³-hybridized carbons (Fsp3) is 0. The van der Waals surface area contributed by atoms with E-state index in [4.69, 9.17) is 16.1 Å². The van der Waals surface area contributed by atoms with Gasteiger partial charge >= 0.3 is 11.7 Å². The maximum atomic E-state index is 8.33. The van der Waals surface area contributed by atoms with E-state index in [-0.39, 0.29) is 17.4 Å². The molecule has 6 nitrogen and oxygen atoms in total. The molecule has 0 bridgehead atoms. The van der Waals surface area contributed by atoms with Gasteiger partial charge in [0.2, 0.25) is 0 Å². The minimum atomic E-state index is -0.218. The molecule has 0 aromatic carbocycles. The van der Waals surface area contributed by atoms with Gasteiger partial charge in [-0.3, -0.25) is 0 Å². The number of nitrogens with zero attached hydrogens (tertiary/aromatic N) is 6. The predicted octanol–water partition coefficient (Wildman–Crippen LogP) is -0.485. The topological polar surface area (TPSA) is 109 Å². The first-order chi connectivity index (χ1) is 5.31. The van der Waals surface area contributed by atoms with Crippen molar-refractivity contribution in [2.45, 2.75) is 0 Å². The summed E-state index contributed by atoms with van der Waals surface area (Å²) in [6.45, 7) is 0. The van der Waals surface area contributed by atoms with Crippen LogP contribution in [-0.4, -0.2) is 22.2 Å². The van der Waals surface area contributed by atoms with Gasteiger partial charge in [0.25, 0.3) is 5.71 Å². The molecule has 1 aliphatic heterocycles. The SMILES string of the molecule is N#CC1=NC(=[N+]=[N-])C(C#N)=N1. The quantitative estimate of drug-likeness (QED) is 0.337. The van der Waals surface area contributed by atoms with E-state index in [0.717, 1.165) is 0 Å². The molecule has 0 spiro atoms. The van der Waals surface area contributed by atoms with Crippen molar-refractivity contribution in [2.75, 3.05) is 0 Å². The molecule has 0 saturated carbocycles. The van der Waals surface area contributed by atoms with Gasteiger partial charge in [0.1, 0.15) is 6.07 Å². The van der Waals surface area contributed by atoms with E-state index in [0.29, 0.717) is 0 Å². The summed E-state index contributed by atoms with van der Waals surface area (Å²) < 4.78 is 0. The Morgan fingerprint density at radius 3 is 2.36 bits per heavy atom. The molecule has 0 aliphatic carbocycles. The summed E-state index contributed by atoms with van der Waals surface area (Å²) in [5.74, 6) is -0.390. The lowest BCUT2D eigenvalue weighted by Crippen LogP contribution is -2.05. The normalized spacial score (nSPS) is 14.2. The van der Waals surface area contributed by atoms with Gasteiger partial charge < -0.3 is 10.3 Å². The fourth-order valence-electron chi connectivity index (χ4n) is 0.529. The summed E-state index contributed by atoms with van der Waals surface area (Å²) in [6, 6.07) is 3.23. The zero-order chi connectivity index (χ0) is 8.27. The third kappa shape index (κ3) is 1.01. The molecule has 0 radical (unpaired) electrons. The molecule has 0 N–H and O–H groups in total. The average molecular weight is 144 g/mol. The molecular formula is C5N6. The number of hydrogen-bond donors (Lipinski definition) is 0. The minimum Gasteiger partial charge on any atom is -0.497 e. The molecular weight excluding hydrogens is 144 g/mol. The maximum absolute atomic E-state index is 8.33. The van der Waals surface area contributed by atoms with Crippen molar-refractivity contribution < 1.29 is 4.79 Å². The second-order valence-corrected chi connectivity index (χ2v) is 1.54. The summed E-state index contributed by atoms with van der Waals surface area (Å²) in [6.07, 6.45) is 0. The molecule has 11 heavy (non-hydrogen) atoms. The predicted molar refractivity (Wildman–Crippen MR) is 34.7 cm³/mol. The summed E-state index contributed by atoms with van der Waals surface area (Å²) in [4.78, 5) is 9.50. The van der Waals surface area contributed by atoms with Gasteiger partial charge in [0.05, 0.1) is 0 Å². The number of nitriles is 2. The Morgan fingerprint density at radius 2 is 2.00 bits per heavy atom. The van der Waals surface area contributed by atoms with E-state index in [1.807, 2.05) is 0 Å². The Bertz CT molecular complexity index is 380. The van der Waals surface area contributed by atoms with Gasteiger partial charge in [-0.25, -0.2) is 0 Å². The van der Waals surface area contributed by atoms with E-state index in [9.17, 15) is 0 Å². The highest BCUT2D eigenvalue weighted by molar-refractivity contribution is 6.51. The van der Waals surface area contributed by atoms with Crippen LogP contribution in [0, 0.1) is 22.7 Å². The second-order valence-electron chi connectivity index (χ2n) is 1.54. The van der Waals surface area contributed by atoms with Crippen LogP contribution in [0.15, 0.2) is 9.98 Å². The van der Waals surface area contributed by atoms with Gasteiger partial charge in [0.15, 0.2) is 6.07 Å². The molecule has 1 rings (SSSR count). The lowest BCUT2D eigenvalue weighted by atomic mass is 10.4. The molecule has 1 aliphatic rings. The van der Waals surface area contributed by atoms with Crippen molar-refractivity contribution in [1.82, 2.24) is 0 Å². The van der Waals surface area contributed by atoms with Gasteiger partial charge in [-0.1, -0.05) is 0 Å². The second kappa shape index (κ2) is 2.53. The van der Waals surface area contributed by atoms with Crippen molar-refractivity contribution >= 4 is 17.4 Å². The molecule has 0 fully saturated rings. The van der Waals surface area contributed by atoms with Crippen LogP contribution in [0.5, 0.6) is 0 Å². The van der Waals surface area contributed by atoms with E-state index in [2.05, 4.69) is 14.8 Å². The lowest BCUT2D eigenvalue weighted by Gasteiger charge is -1.69. The first-order valence-electron chi connectivity index (χ1n) is 2.52. The monoisotopic (exact) mass is 144 g/mol. The van der Waals surface area contributed by atoms with Crippen molar-refractivity contribution in [2.24, 2.45) is 9.98 Å². The minimum absolute atomic E-state index is 0.149. The van der Waals surface area contributed by atoms with Crippen LogP contribution in [0.4, 0.5) is 0 Å². The largest absolute Gasteiger partial charge is 0.497 e. The first-order valence-corrected chi connectivity index (χ1v) is 2.52. The van der Waals surface area contributed by atoms with Crippen molar-refractivity contribution in [1.29, 1.82) is 10.5 Å². The fourth-order valence-corrected chi connectivity index (χ4v) is 0.529. The lowest BCUT2D eigenvalue weighted by molar-refractivity contribution is -0.00267. The average Bonchev–Trinajstić information content (AvgIpc) is 2.46. The number of hydrogen-bond acceptors (Lipinski definition) is 3. The molecule has 1 heterocycles. The Hall–Kier alpha value is -2.30. The van der Waals surface area contributed by atoms with Gasteiger partial charge in [-0.05, 0) is 0 Å². The molecule has 6 heteroatoms. The van der Waals surface area contributed by atoms with Crippen LogP contribution in [0.3, 0.4) is 0 Å². The first kappa shape index (κ1) is 6.81. The molecule has 0 atom stereocenters. The Balaban J connectivity index is 3.21. The number of aliphatic imine (C=N–C) groups is 2. The zero-order valence-electron chi connectivity index (χ0n) is 5.18. The molecule has 0 unspecified atom stereocenters. The Labute approximate surface area is 61.4 Å². The molecule has 0 aromatic heterocycles. The van der Waals surface area contributed by atoms with Crippen LogP contribution >= 0.6 is 0 Å². The summed E-state index contributed by atoms with van der Waals surface area (Å²) in [5.41, 5.74) is 8.07. The summed E-state index contributed by atoms with van der Waals surface area (Å²) in [5, 5.41) is 16.6. The van der Waals surface area contributed by atoms with Gasteiger partial charge in [0, 0.05) is 4.99 Å². The van der Waals surface area contributed by atoms with Crippen molar-refractivity contribution in [3.05, 3.63) is 5.53 Å². The highest BCUT2D eigenvalue weighted by Crippen LogP contribution is 1.95. The van der Waals surface area contributed by atoms with Gasteiger partial charge in [-0.2, -0.15) is 15.5 Å². The zero-order valence-corrected chi connectivity index (χ0v) is 5.18. The number of amidine groups is 2. The summed E-state index contributed by atoms with van der Waals surface area (Å²) >= 11 is 0. The van der Waals surface area contributed by atoms with Crippen LogP contribution < -0.4 is 0 Å². The van der Waals surface area contributed by atoms with E-state index in [1.165, 1.54) is 0 Å². The highest BCUT2D eigenvalue weighted by atomic mass is 15.1. The van der Waals surface area contributed by atoms with Crippen LogP contribution in [0.25, 0.3) is 5.53 Å². The van der Waals surface area contributed by atoms with Gasteiger partial charge in [-0.15, -0.1) is 0 Å². The van der Waals surface area contributed by atoms with Crippen molar-refractivity contribution in [3.8, 4) is 12.1 Å². The Kier molecular flexibility index (Phi) is 1.56. The standard InChI is InChI=1S/C5N6/c6-1-3-5(11-8)10-4(2-7)9-3. The van der Waals surface area contributed by atoms with E-state index < -0.39 is 0 Å². The third-order valence-electron chi connectivity index (χ3n) is 0.942. The smallest absolute Gasteiger partial charge is 0.441 e. The van der Waals surface area contributed by atoms with E-state index in [1.54, 1.807) is 12.1 Å². The van der Waals surface area contributed by atoms with Crippen LogP contribution in [0.2, 0.25) is 0 Å². The van der Waals surface area contributed by atoms with Crippen LogP contribution in [-0.2, 0) is 0 Å². The van der Waals surface area contributed by atoms with Crippen molar-refractivity contribution in [3.63, 3.8) is 0 Å². The highest BCUT2D eigenvalue weighted by Gasteiger charge is 2.27. The summed E-state index contributed by atoms with van der Waals surface area (Å²) in [7, 11) is 0. The third-order valence-corrected chi connectivity index (χ3v) is 0.942. The number of rotatable bonds is 0. The van der Waals surface area contributed by atoms with E-state index >= 15 is 0 Å². The van der Waals surface area contributed by atoms with Crippen LogP contribution in [0.1, 0.15) is 0 Å². The molecule has 0 saturated heterocycles. The maximum Gasteiger partial charge on any atom is 0.441 e. The molecule has 0 aromatic rings. The Morgan fingerprint density at radius 1 is 1.27 bits per heavy atom.